The maximum Gasteiger partial charge on any atom is 0.274 e. The number of hydrazine groups is 1. The molecule has 1 fully saturated rings. The Labute approximate surface area is 186 Å². The van der Waals surface area contributed by atoms with Crippen LogP contribution in [0.4, 0.5) is 4.39 Å². The van der Waals surface area contributed by atoms with Crippen LogP contribution in [0.2, 0.25) is 5.02 Å². The summed E-state index contributed by atoms with van der Waals surface area (Å²) in [6.45, 7) is 0.626. The highest BCUT2D eigenvalue weighted by molar-refractivity contribution is 6.32. The van der Waals surface area contributed by atoms with Gasteiger partial charge in [0.05, 0.1) is 10.7 Å². The highest BCUT2D eigenvalue weighted by atomic mass is 35.5. The first-order valence-electron chi connectivity index (χ1n) is 10.3. The van der Waals surface area contributed by atoms with Crippen molar-refractivity contribution in [2.45, 2.75) is 31.3 Å². The predicted octanol–water partition coefficient (Wildman–Crippen LogP) is 4.12. The number of benzene rings is 2. The van der Waals surface area contributed by atoms with Crippen molar-refractivity contribution in [3.8, 4) is 5.69 Å². The molecule has 1 aromatic heterocycles. The number of nitrogens with one attached hydrogen (secondary N) is 2. The summed E-state index contributed by atoms with van der Waals surface area (Å²) in [6, 6.07) is 16.1. The molecule has 0 bridgehead atoms. The van der Waals surface area contributed by atoms with E-state index >= 15 is 0 Å². The first-order valence-corrected chi connectivity index (χ1v) is 10.7. The second-order valence-electron chi connectivity index (χ2n) is 7.79. The molecule has 0 radical (unpaired) electrons. The Kier molecular flexibility index (Phi) is 6.65. The largest absolute Gasteiger partial charge is 0.340 e. The topological polar surface area (TPSA) is 62.2 Å². The Hall–Kier alpha value is -2.74. The highest BCUT2D eigenvalue weighted by Crippen LogP contribution is 2.24. The Balaban J connectivity index is 1.26. The summed E-state index contributed by atoms with van der Waals surface area (Å²) >= 11 is 6.21. The van der Waals surface area contributed by atoms with Gasteiger partial charge in [-0.2, -0.15) is 5.10 Å². The molecule has 0 saturated carbocycles. The number of amides is 1. The summed E-state index contributed by atoms with van der Waals surface area (Å²) in [6.07, 6.45) is 4.37. The van der Waals surface area contributed by atoms with Gasteiger partial charge >= 0.3 is 0 Å². The molecule has 2 atom stereocenters. The van der Waals surface area contributed by atoms with Crippen molar-refractivity contribution >= 4 is 17.5 Å². The number of aromatic nitrogens is 2. The molecule has 0 spiro atoms. The highest BCUT2D eigenvalue weighted by Gasteiger charge is 2.25. The lowest BCUT2D eigenvalue weighted by Gasteiger charge is -2.17. The fourth-order valence-corrected chi connectivity index (χ4v) is 4.06. The molecule has 1 amide bonds. The molecule has 2 unspecified atom stereocenters. The smallest absolute Gasteiger partial charge is 0.274 e. The molecule has 8 heteroatoms. The fourth-order valence-electron chi connectivity index (χ4n) is 3.84. The molecule has 4 rings (SSSR count). The van der Waals surface area contributed by atoms with Gasteiger partial charge in [-0.3, -0.25) is 15.6 Å². The molecular weight excluding hydrogens is 417 g/mol. The number of para-hydroxylation sites is 1. The van der Waals surface area contributed by atoms with E-state index in [2.05, 4.69) is 16.0 Å². The van der Waals surface area contributed by atoms with Gasteiger partial charge in [0.15, 0.2) is 5.69 Å². The van der Waals surface area contributed by atoms with Gasteiger partial charge in [0.1, 0.15) is 5.82 Å². The monoisotopic (exact) mass is 441 g/mol. The molecule has 1 aliphatic heterocycles. The molecule has 3 aromatic rings. The average molecular weight is 442 g/mol. The average Bonchev–Trinajstić information content (AvgIpc) is 3.43. The van der Waals surface area contributed by atoms with Crippen molar-refractivity contribution in [3.63, 3.8) is 0 Å². The van der Waals surface area contributed by atoms with E-state index in [1.165, 1.54) is 6.07 Å². The standard InChI is InChI=1S/C23H25ClFN5O/c1-29(23(31)20-11-13-30(28-20)22-10-3-2-9-19(22)24)12-5-8-18-15-21(27-26-18)16-6-4-7-17(25)14-16/h2-4,6-7,9-11,13-14,18,21,26-27H,5,8,12,15H2,1H3. The van der Waals surface area contributed by atoms with Crippen LogP contribution in [0.5, 0.6) is 0 Å². The normalized spacial score (nSPS) is 18.3. The van der Waals surface area contributed by atoms with Crippen LogP contribution < -0.4 is 10.9 Å². The first-order chi connectivity index (χ1) is 15.0. The maximum absolute atomic E-state index is 13.4. The third-order valence-corrected chi connectivity index (χ3v) is 5.85. The lowest BCUT2D eigenvalue weighted by atomic mass is 9.99. The Morgan fingerprint density at radius 3 is 2.87 bits per heavy atom. The summed E-state index contributed by atoms with van der Waals surface area (Å²) in [4.78, 5) is 14.4. The number of rotatable bonds is 7. The molecule has 2 aromatic carbocycles. The Morgan fingerprint density at radius 2 is 2.06 bits per heavy atom. The Bertz CT molecular complexity index is 1060. The number of carbonyl (C=O) groups is 1. The van der Waals surface area contributed by atoms with E-state index in [1.54, 1.807) is 47.1 Å². The van der Waals surface area contributed by atoms with Crippen molar-refractivity contribution in [2.75, 3.05) is 13.6 Å². The third kappa shape index (κ3) is 5.12. The van der Waals surface area contributed by atoms with Gasteiger partial charge in [-0.1, -0.05) is 35.9 Å². The van der Waals surface area contributed by atoms with Gasteiger partial charge in [0.2, 0.25) is 0 Å². The Morgan fingerprint density at radius 1 is 1.23 bits per heavy atom. The van der Waals surface area contributed by atoms with E-state index in [0.29, 0.717) is 17.3 Å². The predicted molar refractivity (Wildman–Crippen MR) is 119 cm³/mol. The summed E-state index contributed by atoms with van der Waals surface area (Å²) in [5.74, 6) is -0.346. The molecule has 2 heterocycles. The zero-order chi connectivity index (χ0) is 21.8. The molecule has 2 N–H and O–H groups in total. The fraction of sp³-hybridized carbons (Fsp3) is 0.304. The quantitative estimate of drug-likeness (QED) is 0.579. The zero-order valence-corrected chi connectivity index (χ0v) is 18.0. The molecule has 1 saturated heterocycles. The van der Waals surface area contributed by atoms with E-state index in [4.69, 9.17) is 11.6 Å². The van der Waals surface area contributed by atoms with E-state index in [9.17, 15) is 9.18 Å². The summed E-state index contributed by atoms with van der Waals surface area (Å²) < 4.78 is 15.1. The minimum atomic E-state index is -0.222. The van der Waals surface area contributed by atoms with Crippen molar-refractivity contribution in [3.05, 3.63) is 82.9 Å². The van der Waals surface area contributed by atoms with Crippen LogP contribution in [-0.4, -0.2) is 40.2 Å². The van der Waals surface area contributed by atoms with Crippen molar-refractivity contribution in [1.82, 2.24) is 25.5 Å². The van der Waals surface area contributed by atoms with Crippen molar-refractivity contribution in [2.24, 2.45) is 0 Å². The van der Waals surface area contributed by atoms with E-state index in [1.807, 2.05) is 24.3 Å². The van der Waals surface area contributed by atoms with E-state index in [0.717, 1.165) is 30.5 Å². The van der Waals surface area contributed by atoms with Gasteiger partial charge in [-0.25, -0.2) is 9.07 Å². The van der Waals surface area contributed by atoms with Gasteiger partial charge in [-0.15, -0.1) is 0 Å². The van der Waals surface area contributed by atoms with Crippen LogP contribution >= 0.6 is 11.6 Å². The van der Waals surface area contributed by atoms with Gasteiger partial charge in [0, 0.05) is 31.9 Å². The lowest BCUT2D eigenvalue weighted by Crippen LogP contribution is -2.32. The van der Waals surface area contributed by atoms with Crippen LogP contribution in [0.1, 0.15) is 41.4 Å². The van der Waals surface area contributed by atoms with Gasteiger partial charge < -0.3 is 4.90 Å². The van der Waals surface area contributed by atoms with Crippen LogP contribution in [0.3, 0.4) is 0 Å². The summed E-state index contributed by atoms with van der Waals surface area (Å²) in [7, 11) is 1.78. The molecule has 1 aliphatic rings. The summed E-state index contributed by atoms with van der Waals surface area (Å²) in [5, 5.41) is 4.96. The minimum Gasteiger partial charge on any atom is -0.340 e. The van der Waals surface area contributed by atoms with Gasteiger partial charge in [0.25, 0.3) is 5.91 Å². The zero-order valence-electron chi connectivity index (χ0n) is 17.3. The van der Waals surface area contributed by atoms with Crippen LogP contribution in [-0.2, 0) is 0 Å². The molecule has 0 aliphatic carbocycles. The van der Waals surface area contributed by atoms with Crippen molar-refractivity contribution < 1.29 is 9.18 Å². The van der Waals surface area contributed by atoms with Crippen LogP contribution in [0.15, 0.2) is 60.8 Å². The number of halogens is 2. The first kappa shape index (κ1) is 21.5. The van der Waals surface area contributed by atoms with E-state index in [-0.39, 0.29) is 23.8 Å². The minimum absolute atomic E-state index is 0.0915. The molecule has 6 nitrogen and oxygen atoms in total. The summed E-state index contributed by atoms with van der Waals surface area (Å²) in [5.41, 5.74) is 8.58. The van der Waals surface area contributed by atoms with Crippen LogP contribution in [0, 0.1) is 5.82 Å². The SMILES string of the molecule is CN(CCCC1CC(c2cccc(F)c2)NN1)C(=O)c1ccn(-c2ccccc2Cl)n1. The third-order valence-electron chi connectivity index (χ3n) is 5.53. The molecule has 31 heavy (non-hydrogen) atoms. The maximum atomic E-state index is 13.4. The van der Waals surface area contributed by atoms with Crippen molar-refractivity contribution in [1.29, 1.82) is 0 Å². The van der Waals surface area contributed by atoms with E-state index < -0.39 is 0 Å². The number of hydrogen-bond donors (Lipinski definition) is 2. The molecular formula is C23H25ClFN5O. The number of hydrogen-bond acceptors (Lipinski definition) is 4. The van der Waals surface area contributed by atoms with Gasteiger partial charge in [-0.05, 0) is 55.2 Å². The lowest BCUT2D eigenvalue weighted by molar-refractivity contribution is 0.0785. The number of nitrogens with zero attached hydrogens (tertiary/aromatic N) is 3. The molecule has 162 valence electrons. The van der Waals surface area contributed by atoms with Crippen LogP contribution in [0.25, 0.3) is 5.69 Å². The second-order valence-corrected chi connectivity index (χ2v) is 8.20. The second kappa shape index (κ2) is 9.60. The number of carbonyl (C=O) groups excluding carboxylic acids is 1.